The maximum atomic E-state index is 13.1. The highest BCUT2D eigenvalue weighted by Gasteiger charge is 2.25. The lowest BCUT2D eigenvalue weighted by Crippen LogP contribution is -2.26. The molecule has 0 aliphatic heterocycles. The number of carbonyl (C=O) groups excluding carboxylic acids is 2. The van der Waals surface area contributed by atoms with Gasteiger partial charge in [0.15, 0.2) is 0 Å². The van der Waals surface area contributed by atoms with Crippen molar-refractivity contribution in [3.8, 4) is 11.5 Å². The quantitative estimate of drug-likeness (QED) is 0.675. The summed E-state index contributed by atoms with van der Waals surface area (Å²) in [6.07, 6.45) is 1.73. The van der Waals surface area contributed by atoms with Gasteiger partial charge in [-0.05, 0) is 36.4 Å². The van der Waals surface area contributed by atoms with E-state index in [1.807, 2.05) is 0 Å². The lowest BCUT2D eigenvalue weighted by Gasteiger charge is -2.16. The first-order chi connectivity index (χ1) is 13.0. The van der Waals surface area contributed by atoms with Crippen LogP contribution in [0.5, 0.6) is 11.5 Å². The summed E-state index contributed by atoms with van der Waals surface area (Å²) in [5.74, 6) is -1.49. The number of nitrogens with zero attached hydrogens (tertiary/aromatic N) is 1. The number of pyridine rings is 1. The molecule has 0 aliphatic carbocycles. The van der Waals surface area contributed by atoms with Gasteiger partial charge in [0, 0.05) is 11.8 Å². The first-order valence-corrected chi connectivity index (χ1v) is 7.97. The largest absolute Gasteiger partial charge is 0.455 e. The maximum absolute atomic E-state index is 13.1. The van der Waals surface area contributed by atoms with E-state index in [1.165, 1.54) is 24.4 Å². The Morgan fingerprint density at radius 3 is 2.41 bits per heavy atom. The normalized spacial score (nSPS) is 11.4. The molecule has 2 N–H and O–H groups in total. The number of primary amides is 1. The van der Waals surface area contributed by atoms with Crippen LogP contribution in [0.25, 0.3) is 0 Å². The Labute approximate surface area is 154 Å². The molecule has 1 atom stereocenters. The summed E-state index contributed by atoms with van der Waals surface area (Å²) < 4.78 is 24.0. The Bertz CT molecular complexity index is 946. The van der Waals surface area contributed by atoms with Gasteiger partial charge in [0.05, 0.1) is 6.20 Å². The number of benzene rings is 2. The molecule has 0 spiro atoms. The second-order valence-electron chi connectivity index (χ2n) is 5.53. The smallest absolute Gasteiger partial charge is 0.343 e. The van der Waals surface area contributed by atoms with Crippen molar-refractivity contribution in [3.05, 3.63) is 90.0 Å². The van der Waals surface area contributed by atoms with E-state index in [-0.39, 0.29) is 16.9 Å². The average Bonchev–Trinajstić information content (AvgIpc) is 2.68. The lowest BCUT2D eigenvalue weighted by molar-refractivity contribution is -0.127. The summed E-state index contributed by atoms with van der Waals surface area (Å²) in [5.41, 5.74) is 5.72. The van der Waals surface area contributed by atoms with Crippen molar-refractivity contribution < 1.29 is 23.5 Å². The summed E-state index contributed by atoms with van der Waals surface area (Å²) >= 11 is 0. The van der Waals surface area contributed by atoms with Crippen molar-refractivity contribution in [2.45, 2.75) is 6.10 Å². The zero-order chi connectivity index (χ0) is 19.2. The summed E-state index contributed by atoms with van der Waals surface area (Å²) in [4.78, 5) is 28.3. The van der Waals surface area contributed by atoms with Gasteiger partial charge in [0.1, 0.15) is 22.9 Å². The molecular formula is C20H15FN2O4. The third kappa shape index (κ3) is 4.46. The monoisotopic (exact) mass is 366 g/mol. The molecule has 1 aromatic heterocycles. The zero-order valence-corrected chi connectivity index (χ0v) is 14.0. The van der Waals surface area contributed by atoms with Crippen molar-refractivity contribution in [2.75, 3.05) is 0 Å². The van der Waals surface area contributed by atoms with Gasteiger partial charge in [-0.3, -0.25) is 9.78 Å². The van der Waals surface area contributed by atoms with Crippen LogP contribution < -0.4 is 10.5 Å². The minimum atomic E-state index is -1.36. The SMILES string of the molecule is NC(=O)C(OC(=O)c1ccccc1Oc1cccnc1)c1ccc(F)cc1. The molecule has 1 heterocycles. The van der Waals surface area contributed by atoms with Gasteiger partial charge in [-0.15, -0.1) is 0 Å². The first kappa shape index (κ1) is 18.1. The second kappa shape index (κ2) is 8.09. The number of nitrogens with two attached hydrogens (primary N) is 1. The topological polar surface area (TPSA) is 91.5 Å². The maximum Gasteiger partial charge on any atom is 0.343 e. The van der Waals surface area contributed by atoms with Crippen molar-refractivity contribution in [1.82, 2.24) is 4.98 Å². The number of rotatable bonds is 6. The zero-order valence-electron chi connectivity index (χ0n) is 14.0. The van der Waals surface area contributed by atoms with Crippen molar-refractivity contribution >= 4 is 11.9 Å². The molecule has 136 valence electrons. The Morgan fingerprint density at radius 1 is 1.00 bits per heavy atom. The molecule has 27 heavy (non-hydrogen) atoms. The van der Waals surface area contributed by atoms with E-state index in [4.69, 9.17) is 15.2 Å². The fourth-order valence-corrected chi connectivity index (χ4v) is 2.36. The Kier molecular flexibility index (Phi) is 5.41. The number of para-hydroxylation sites is 1. The van der Waals surface area contributed by atoms with Gasteiger partial charge in [0.2, 0.25) is 6.10 Å². The second-order valence-corrected chi connectivity index (χ2v) is 5.53. The number of amides is 1. The van der Waals surface area contributed by atoms with E-state index >= 15 is 0 Å². The number of esters is 1. The minimum Gasteiger partial charge on any atom is -0.455 e. The predicted molar refractivity (Wildman–Crippen MR) is 94.5 cm³/mol. The van der Waals surface area contributed by atoms with Crippen LogP contribution in [0.3, 0.4) is 0 Å². The summed E-state index contributed by atoms with van der Waals surface area (Å²) in [7, 11) is 0. The molecule has 0 aliphatic rings. The van der Waals surface area contributed by atoms with Crippen LogP contribution >= 0.6 is 0 Å². The van der Waals surface area contributed by atoms with Crippen molar-refractivity contribution in [2.24, 2.45) is 5.73 Å². The molecule has 6 nitrogen and oxygen atoms in total. The number of halogens is 1. The highest BCUT2D eigenvalue weighted by molar-refractivity contribution is 5.94. The van der Waals surface area contributed by atoms with Crippen LogP contribution in [0.2, 0.25) is 0 Å². The van der Waals surface area contributed by atoms with Crippen molar-refractivity contribution in [3.63, 3.8) is 0 Å². The van der Waals surface area contributed by atoms with E-state index in [9.17, 15) is 14.0 Å². The highest BCUT2D eigenvalue weighted by Crippen LogP contribution is 2.27. The van der Waals surface area contributed by atoms with Crippen LogP contribution in [0, 0.1) is 5.82 Å². The average molecular weight is 366 g/mol. The van der Waals surface area contributed by atoms with Gasteiger partial charge >= 0.3 is 5.97 Å². The van der Waals surface area contributed by atoms with Crippen LogP contribution in [0.1, 0.15) is 22.0 Å². The third-order valence-corrected chi connectivity index (χ3v) is 3.63. The molecule has 3 rings (SSSR count). The van der Waals surface area contributed by atoms with Gasteiger partial charge in [-0.2, -0.15) is 0 Å². The molecule has 1 unspecified atom stereocenters. The molecule has 1 amide bonds. The standard InChI is InChI=1S/C20H15FN2O4/c21-14-9-7-13(8-10-14)18(19(22)24)27-20(25)16-5-1-2-6-17(16)26-15-4-3-11-23-12-15/h1-12,18H,(H2,22,24). The van der Waals surface area contributed by atoms with E-state index in [1.54, 1.807) is 36.5 Å². The Morgan fingerprint density at radius 2 is 1.74 bits per heavy atom. The predicted octanol–water partition coefficient (Wildman–Crippen LogP) is 3.40. The van der Waals surface area contributed by atoms with E-state index in [2.05, 4.69) is 4.98 Å². The fourth-order valence-electron chi connectivity index (χ4n) is 2.36. The number of hydrogen-bond donors (Lipinski definition) is 1. The number of carbonyl (C=O) groups is 2. The summed E-state index contributed by atoms with van der Waals surface area (Å²) in [6, 6.07) is 14.7. The molecule has 2 aromatic carbocycles. The summed E-state index contributed by atoms with van der Waals surface area (Å²) in [6.45, 7) is 0. The summed E-state index contributed by atoms with van der Waals surface area (Å²) in [5, 5.41) is 0. The molecule has 0 saturated carbocycles. The first-order valence-electron chi connectivity index (χ1n) is 7.97. The van der Waals surface area contributed by atoms with Crippen LogP contribution in [0.15, 0.2) is 73.1 Å². The van der Waals surface area contributed by atoms with Crippen LogP contribution in [0.4, 0.5) is 4.39 Å². The minimum absolute atomic E-state index is 0.106. The van der Waals surface area contributed by atoms with Crippen LogP contribution in [-0.2, 0) is 9.53 Å². The fraction of sp³-hybridized carbons (Fsp3) is 0.0500. The number of aromatic nitrogens is 1. The van der Waals surface area contributed by atoms with Gasteiger partial charge in [-0.25, -0.2) is 9.18 Å². The highest BCUT2D eigenvalue weighted by atomic mass is 19.1. The molecule has 0 radical (unpaired) electrons. The molecular weight excluding hydrogens is 351 g/mol. The Balaban J connectivity index is 1.84. The number of hydrogen-bond acceptors (Lipinski definition) is 5. The molecule has 7 heteroatoms. The van der Waals surface area contributed by atoms with Crippen LogP contribution in [-0.4, -0.2) is 16.9 Å². The molecule has 0 fully saturated rings. The van der Waals surface area contributed by atoms with Crippen molar-refractivity contribution in [1.29, 1.82) is 0 Å². The van der Waals surface area contributed by atoms with Gasteiger partial charge in [-0.1, -0.05) is 24.3 Å². The lowest BCUT2D eigenvalue weighted by atomic mass is 10.1. The van der Waals surface area contributed by atoms with E-state index < -0.39 is 23.8 Å². The molecule has 3 aromatic rings. The Hall–Kier alpha value is -3.74. The molecule has 0 bridgehead atoms. The third-order valence-electron chi connectivity index (χ3n) is 3.63. The number of ether oxygens (including phenoxy) is 2. The van der Waals surface area contributed by atoms with Gasteiger partial charge in [0.25, 0.3) is 5.91 Å². The van der Waals surface area contributed by atoms with Gasteiger partial charge < -0.3 is 15.2 Å². The van der Waals surface area contributed by atoms with E-state index in [0.717, 1.165) is 12.1 Å². The van der Waals surface area contributed by atoms with E-state index in [0.29, 0.717) is 5.75 Å². The molecule has 0 saturated heterocycles.